The van der Waals surface area contributed by atoms with Crippen molar-refractivity contribution >= 4 is 0 Å². The number of hydrogen-bond donors (Lipinski definition) is 0. The molecule has 1 fully saturated rings. The molecule has 2 nitrogen and oxygen atoms in total. The molecule has 1 saturated carbocycles. The summed E-state index contributed by atoms with van der Waals surface area (Å²) in [5, 5.41) is 0. The molecule has 0 aliphatic heterocycles. The van der Waals surface area contributed by atoms with Gasteiger partial charge in [0, 0.05) is 19.4 Å². The van der Waals surface area contributed by atoms with Gasteiger partial charge in [0.05, 0.1) is 6.10 Å². The Kier molecular flexibility index (Phi) is 18.3. The monoisotopic (exact) mass is 424 g/mol. The Morgan fingerprint density at radius 1 is 0.533 bits per heavy atom. The predicted octanol–water partition coefficient (Wildman–Crippen LogP) is 9.74. The van der Waals surface area contributed by atoms with Gasteiger partial charge in [-0.3, -0.25) is 0 Å². The summed E-state index contributed by atoms with van der Waals surface area (Å²) in [6.45, 7) is 7.47. The van der Waals surface area contributed by atoms with Crippen molar-refractivity contribution in [2.75, 3.05) is 6.61 Å². The molecule has 180 valence electrons. The summed E-state index contributed by atoms with van der Waals surface area (Å²) in [7, 11) is 0. The third-order valence-corrected chi connectivity index (χ3v) is 6.71. The first-order valence-corrected chi connectivity index (χ1v) is 14.1. The van der Waals surface area contributed by atoms with Gasteiger partial charge in [0.25, 0.3) is 0 Å². The van der Waals surface area contributed by atoms with Crippen LogP contribution in [0.5, 0.6) is 0 Å². The fourth-order valence-electron chi connectivity index (χ4n) is 4.59. The molecule has 0 N–H and O–H groups in total. The van der Waals surface area contributed by atoms with Crippen LogP contribution in [0.1, 0.15) is 162 Å². The molecular formula is C28H56O2. The molecule has 0 aromatic heterocycles. The second kappa shape index (κ2) is 19.6. The van der Waals surface area contributed by atoms with E-state index < -0.39 is 0 Å². The second-order valence-electron chi connectivity index (χ2n) is 9.82. The van der Waals surface area contributed by atoms with Crippen LogP contribution in [0.25, 0.3) is 0 Å². The molecule has 0 radical (unpaired) electrons. The first-order valence-electron chi connectivity index (χ1n) is 14.1. The molecule has 1 atom stereocenters. The van der Waals surface area contributed by atoms with Gasteiger partial charge in [-0.25, -0.2) is 0 Å². The lowest BCUT2D eigenvalue weighted by Gasteiger charge is -2.25. The Hall–Kier alpha value is -0.0800. The van der Waals surface area contributed by atoms with Crippen LogP contribution in [0.2, 0.25) is 0 Å². The Morgan fingerprint density at radius 2 is 0.900 bits per heavy atom. The quantitative estimate of drug-likeness (QED) is 0.113. The lowest BCUT2D eigenvalue weighted by molar-refractivity contribution is -0.194. The Morgan fingerprint density at radius 3 is 1.23 bits per heavy atom. The Labute approximate surface area is 190 Å². The molecule has 0 amide bonds. The zero-order chi connectivity index (χ0) is 21.8. The minimum atomic E-state index is -0.196. The number of ether oxygens (including phenoxy) is 2. The van der Waals surface area contributed by atoms with Gasteiger partial charge < -0.3 is 9.47 Å². The zero-order valence-electron chi connectivity index (χ0n) is 21.2. The van der Waals surface area contributed by atoms with Crippen molar-refractivity contribution in [3.8, 4) is 0 Å². The van der Waals surface area contributed by atoms with Crippen molar-refractivity contribution in [1.82, 2.24) is 0 Å². The maximum absolute atomic E-state index is 6.50. The molecule has 0 bridgehead atoms. The third kappa shape index (κ3) is 15.7. The molecular weight excluding hydrogens is 368 g/mol. The van der Waals surface area contributed by atoms with E-state index >= 15 is 0 Å². The van der Waals surface area contributed by atoms with Crippen LogP contribution in [-0.2, 0) is 9.47 Å². The first kappa shape index (κ1) is 28.0. The fourth-order valence-corrected chi connectivity index (χ4v) is 4.59. The van der Waals surface area contributed by atoms with Crippen molar-refractivity contribution in [3.05, 3.63) is 0 Å². The van der Waals surface area contributed by atoms with E-state index in [0.29, 0.717) is 6.10 Å². The average molecular weight is 425 g/mol. The van der Waals surface area contributed by atoms with Gasteiger partial charge in [0.15, 0.2) is 5.79 Å². The normalized spacial score (nSPS) is 16.1. The fraction of sp³-hybridized carbons (Fsp3) is 1.00. The molecule has 0 aromatic carbocycles. The van der Waals surface area contributed by atoms with E-state index in [1.54, 1.807) is 0 Å². The molecule has 0 aromatic rings. The van der Waals surface area contributed by atoms with E-state index in [9.17, 15) is 0 Å². The lowest BCUT2D eigenvalue weighted by atomic mass is 10.0. The molecule has 30 heavy (non-hydrogen) atoms. The second-order valence-corrected chi connectivity index (χ2v) is 9.82. The van der Waals surface area contributed by atoms with Gasteiger partial charge in [-0.2, -0.15) is 0 Å². The molecule has 0 saturated heterocycles. The van der Waals surface area contributed by atoms with Crippen molar-refractivity contribution in [2.24, 2.45) is 0 Å². The molecule has 1 aliphatic carbocycles. The molecule has 1 aliphatic rings. The summed E-state index contributed by atoms with van der Waals surface area (Å²) < 4.78 is 12.4. The van der Waals surface area contributed by atoms with Crippen LogP contribution >= 0.6 is 0 Å². The maximum atomic E-state index is 6.50. The van der Waals surface area contributed by atoms with E-state index in [2.05, 4.69) is 20.8 Å². The van der Waals surface area contributed by atoms with E-state index in [4.69, 9.17) is 9.47 Å². The smallest absolute Gasteiger partial charge is 0.169 e. The van der Waals surface area contributed by atoms with E-state index in [-0.39, 0.29) is 5.79 Å². The van der Waals surface area contributed by atoms with E-state index in [1.165, 1.54) is 128 Å². The number of rotatable bonds is 24. The topological polar surface area (TPSA) is 18.5 Å². The van der Waals surface area contributed by atoms with Gasteiger partial charge >= 0.3 is 0 Å². The molecule has 0 heterocycles. The van der Waals surface area contributed by atoms with Gasteiger partial charge in [0.2, 0.25) is 0 Å². The SMILES string of the molecule is CCCCCCCCCCCCCC(CCCCCCCCC)OC1(OCC)CC1. The van der Waals surface area contributed by atoms with E-state index in [0.717, 1.165) is 19.4 Å². The van der Waals surface area contributed by atoms with Crippen molar-refractivity contribution in [2.45, 2.75) is 174 Å². The highest BCUT2D eigenvalue weighted by Gasteiger charge is 2.46. The van der Waals surface area contributed by atoms with Gasteiger partial charge in [0.1, 0.15) is 0 Å². The predicted molar refractivity (Wildman–Crippen MR) is 132 cm³/mol. The standard InChI is InChI=1S/C28H56O2/c1-4-7-9-11-13-14-15-16-18-20-22-24-27(30-28(25-26-28)29-6-3)23-21-19-17-12-10-8-5-2/h27H,4-26H2,1-3H3. The van der Waals surface area contributed by atoms with Crippen molar-refractivity contribution < 1.29 is 9.47 Å². The summed E-state index contributed by atoms with van der Waals surface area (Å²) in [6.07, 6.45) is 30.4. The number of hydrogen-bond acceptors (Lipinski definition) is 2. The van der Waals surface area contributed by atoms with Crippen LogP contribution in [-0.4, -0.2) is 18.5 Å². The number of unbranched alkanes of at least 4 members (excludes halogenated alkanes) is 16. The molecule has 0 spiro atoms. The van der Waals surface area contributed by atoms with Gasteiger partial charge in [-0.05, 0) is 19.8 Å². The summed E-state index contributed by atoms with van der Waals surface area (Å²) in [4.78, 5) is 0. The Balaban J connectivity index is 2.09. The minimum Gasteiger partial charge on any atom is -0.350 e. The van der Waals surface area contributed by atoms with Crippen molar-refractivity contribution in [1.29, 1.82) is 0 Å². The highest BCUT2D eigenvalue weighted by atomic mass is 16.7. The highest BCUT2D eigenvalue weighted by Crippen LogP contribution is 2.42. The van der Waals surface area contributed by atoms with Crippen LogP contribution in [0.15, 0.2) is 0 Å². The van der Waals surface area contributed by atoms with Crippen LogP contribution in [0.3, 0.4) is 0 Å². The zero-order valence-corrected chi connectivity index (χ0v) is 21.2. The lowest BCUT2D eigenvalue weighted by Crippen LogP contribution is -2.26. The summed E-state index contributed by atoms with van der Waals surface area (Å²) in [5.74, 6) is -0.196. The third-order valence-electron chi connectivity index (χ3n) is 6.71. The Bertz CT molecular complexity index is 351. The molecule has 2 heteroatoms. The minimum absolute atomic E-state index is 0.196. The highest BCUT2D eigenvalue weighted by molar-refractivity contribution is 4.87. The summed E-state index contributed by atoms with van der Waals surface area (Å²) in [5.41, 5.74) is 0. The van der Waals surface area contributed by atoms with Crippen molar-refractivity contribution in [3.63, 3.8) is 0 Å². The average Bonchev–Trinajstić information content (AvgIpc) is 3.50. The van der Waals surface area contributed by atoms with E-state index in [1.807, 2.05) is 0 Å². The summed E-state index contributed by atoms with van der Waals surface area (Å²) in [6, 6.07) is 0. The van der Waals surface area contributed by atoms with Crippen LogP contribution < -0.4 is 0 Å². The largest absolute Gasteiger partial charge is 0.350 e. The summed E-state index contributed by atoms with van der Waals surface area (Å²) >= 11 is 0. The van der Waals surface area contributed by atoms with Crippen LogP contribution in [0, 0.1) is 0 Å². The first-order chi connectivity index (χ1) is 14.8. The maximum Gasteiger partial charge on any atom is 0.169 e. The molecule has 1 unspecified atom stereocenters. The van der Waals surface area contributed by atoms with Crippen LogP contribution in [0.4, 0.5) is 0 Å². The van der Waals surface area contributed by atoms with Gasteiger partial charge in [-0.1, -0.05) is 129 Å². The van der Waals surface area contributed by atoms with Gasteiger partial charge in [-0.15, -0.1) is 0 Å². The molecule has 1 rings (SSSR count).